The van der Waals surface area contributed by atoms with Crippen molar-refractivity contribution < 1.29 is 33.0 Å². The number of carbonyl (C=O) groups is 3. The van der Waals surface area contributed by atoms with Crippen LogP contribution in [-0.2, 0) is 19.9 Å². The first kappa shape index (κ1) is 33.6. The molecule has 4 rings (SSSR count). The van der Waals surface area contributed by atoms with E-state index < -0.39 is 29.4 Å². The van der Waals surface area contributed by atoms with Gasteiger partial charge in [0.25, 0.3) is 5.91 Å². The molecule has 2 aliphatic heterocycles. The minimum absolute atomic E-state index is 0.0485. The Labute approximate surface area is 261 Å². The lowest BCUT2D eigenvalue weighted by molar-refractivity contribution is -0.156. The molecule has 10 nitrogen and oxygen atoms in total. The number of alkyl halides is 2. The van der Waals surface area contributed by atoms with Crippen LogP contribution >= 0.6 is 11.6 Å². The number of halogens is 3. The number of aromatic nitrogens is 2. The van der Waals surface area contributed by atoms with E-state index in [0.29, 0.717) is 64.8 Å². The normalized spacial score (nSPS) is 18.5. The van der Waals surface area contributed by atoms with Gasteiger partial charge >= 0.3 is 12.6 Å². The number of carboxylic acid groups (broad SMARTS) is 1. The Morgan fingerprint density at radius 2 is 1.70 bits per heavy atom. The predicted octanol–water partition coefficient (Wildman–Crippen LogP) is 5.43. The number of nitrogens with zero attached hydrogens (tertiary/aromatic N) is 4. The zero-order chi connectivity index (χ0) is 32.2. The van der Waals surface area contributed by atoms with Crippen LogP contribution in [0.5, 0.6) is 5.75 Å². The Bertz CT molecular complexity index is 1330. The summed E-state index contributed by atoms with van der Waals surface area (Å²) < 4.78 is 32.6. The highest BCUT2D eigenvalue weighted by Gasteiger charge is 2.49. The number of likely N-dealkylation sites (tertiary alicyclic amines) is 2. The van der Waals surface area contributed by atoms with E-state index in [1.807, 2.05) is 33.8 Å². The Morgan fingerprint density at radius 1 is 1.05 bits per heavy atom. The SMILES string of the molecule is CC(C)CC(=O)N1CCC(CN2CCC(C(=O)Nc3ccc(Cl)cc3OC(F)F)(n3nccc3C(C)C)CC2)(C(=O)O)CC1. The van der Waals surface area contributed by atoms with Crippen molar-refractivity contribution in [2.75, 3.05) is 38.0 Å². The van der Waals surface area contributed by atoms with Gasteiger partial charge in [-0.3, -0.25) is 19.1 Å². The number of nitrogens with one attached hydrogen (secondary N) is 1. The Balaban J connectivity index is 1.55. The van der Waals surface area contributed by atoms with Crippen molar-refractivity contribution in [3.63, 3.8) is 0 Å². The Hall–Kier alpha value is -3.25. The van der Waals surface area contributed by atoms with Gasteiger partial charge in [0.15, 0.2) is 5.75 Å². The fraction of sp³-hybridized carbons (Fsp3) is 0.613. The number of hydrogen-bond acceptors (Lipinski definition) is 6. The van der Waals surface area contributed by atoms with Crippen molar-refractivity contribution in [2.45, 2.75) is 77.9 Å². The molecular weight excluding hydrogens is 596 g/mol. The lowest BCUT2D eigenvalue weighted by Gasteiger charge is -2.46. The van der Waals surface area contributed by atoms with E-state index in [1.54, 1.807) is 15.8 Å². The third-order valence-corrected chi connectivity index (χ3v) is 9.05. The summed E-state index contributed by atoms with van der Waals surface area (Å²) >= 11 is 6.00. The highest BCUT2D eigenvalue weighted by molar-refractivity contribution is 6.30. The molecule has 44 heavy (non-hydrogen) atoms. The molecule has 2 saturated heterocycles. The van der Waals surface area contributed by atoms with Crippen LogP contribution in [0.1, 0.15) is 71.4 Å². The first-order valence-electron chi connectivity index (χ1n) is 15.1. The van der Waals surface area contributed by atoms with Crippen LogP contribution in [0.4, 0.5) is 14.5 Å². The van der Waals surface area contributed by atoms with Crippen molar-refractivity contribution in [3.05, 3.63) is 41.2 Å². The molecule has 0 radical (unpaired) electrons. The second-order valence-electron chi connectivity index (χ2n) is 12.7. The molecule has 0 aliphatic carbocycles. The molecule has 2 aliphatic rings. The average molecular weight is 638 g/mol. The van der Waals surface area contributed by atoms with Gasteiger partial charge < -0.3 is 25.0 Å². The van der Waals surface area contributed by atoms with Gasteiger partial charge in [0.2, 0.25) is 5.91 Å². The molecule has 2 fully saturated rings. The molecule has 2 aromatic rings. The van der Waals surface area contributed by atoms with Gasteiger partial charge in [0, 0.05) is 62.1 Å². The Kier molecular flexibility index (Phi) is 10.6. The second kappa shape index (κ2) is 13.8. The van der Waals surface area contributed by atoms with Crippen molar-refractivity contribution in [1.82, 2.24) is 19.6 Å². The minimum atomic E-state index is -3.11. The summed E-state index contributed by atoms with van der Waals surface area (Å²) in [6.07, 6.45) is 3.41. The summed E-state index contributed by atoms with van der Waals surface area (Å²) in [5.74, 6) is -1.24. The monoisotopic (exact) mass is 637 g/mol. The summed E-state index contributed by atoms with van der Waals surface area (Å²) in [7, 11) is 0. The largest absolute Gasteiger partial charge is 0.481 e. The van der Waals surface area contributed by atoms with Gasteiger partial charge in [-0.05, 0) is 55.7 Å². The molecule has 2 N–H and O–H groups in total. The number of hydrogen-bond donors (Lipinski definition) is 2. The van der Waals surface area contributed by atoms with Crippen LogP contribution in [0.3, 0.4) is 0 Å². The van der Waals surface area contributed by atoms with Crippen LogP contribution in [0.15, 0.2) is 30.5 Å². The maximum atomic E-state index is 14.1. The quantitative estimate of drug-likeness (QED) is 0.337. The third kappa shape index (κ3) is 7.34. The van der Waals surface area contributed by atoms with Gasteiger partial charge in [-0.15, -0.1) is 0 Å². The molecule has 0 unspecified atom stereocenters. The van der Waals surface area contributed by atoms with Crippen LogP contribution in [0, 0.1) is 11.3 Å². The summed E-state index contributed by atoms with van der Waals surface area (Å²) in [6.45, 7) is 6.77. The smallest absolute Gasteiger partial charge is 0.387 e. The highest BCUT2D eigenvalue weighted by Crippen LogP contribution is 2.39. The topological polar surface area (TPSA) is 117 Å². The second-order valence-corrected chi connectivity index (χ2v) is 13.1. The van der Waals surface area contributed by atoms with Crippen molar-refractivity contribution in [2.24, 2.45) is 11.3 Å². The average Bonchev–Trinajstić information content (AvgIpc) is 3.46. The fourth-order valence-corrected chi connectivity index (χ4v) is 6.45. The first-order valence-corrected chi connectivity index (χ1v) is 15.5. The van der Waals surface area contributed by atoms with Crippen molar-refractivity contribution in [1.29, 1.82) is 0 Å². The van der Waals surface area contributed by atoms with Crippen molar-refractivity contribution >= 4 is 35.1 Å². The van der Waals surface area contributed by atoms with Gasteiger partial charge in [-0.2, -0.15) is 13.9 Å². The van der Waals surface area contributed by atoms with E-state index >= 15 is 0 Å². The van der Waals surface area contributed by atoms with E-state index in [0.717, 1.165) is 5.69 Å². The van der Waals surface area contributed by atoms with Crippen molar-refractivity contribution in [3.8, 4) is 5.75 Å². The summed E-state index contributed by atoms with van der Waals surface area (Å²) in [5.41, 5.74) is -1.27. The van der Waals surface area contributed by atoms with E-state index in [2.05, 4.69) is 20.1 Å². The third-order valence-electron chi connectivity index (χ3n) is 8.82. The van der Waals surface area contributed by atoms with Gasteiger partial charge in [-0.25, -0.2) is 0 Å². The number of ether oxygens (including phenoxy) is 1. The number of piperidine rings is 2. The number of anilines is 1. The van der Waals surface area contributed by atoms with Crippen LogP contribution in [-0.4, -0.2) is 81.8 Å². The maximum Gasteiger partial charge on any atom is 0.387 e. The Morgan fingerprint density at radius 3 is 2.27 bits per heavy atom. The lowest BCUT2D eigenvalue weighted by Crippen LogP contribution is -2.57. The van der Waals surface area contributed by atoms with Gasteiger partial charge in [-0.1, -0.05) is 39.3 Å². The zero-order valence-corrected chi connectivity index (χ0v) is 26.4. The number of carboxylic acids is 1. The van der Waals surface area contributed by atoms with E-state index in [1.165, 1.54) is 18.2 Å². The number of benzene rings is 1. The van der Waals surface area contributed by atoms with E-state index in [4.69, 9.17) is 11.6 Å². The zero-order valence-electron chi connectivity index (χ0n) is 25.7. The molecule has 0 spiro atoms. The maximum absolute atomic E-state index is 14.1. The molecule has 242 valence electrons. The first-order chi connectivity index (χ1) is 20.8. The predicted molar refractivity (Wildman–Crippen MR) is 162 cm³/mol. The summed E-state index contributed by atoms with van der Waals surface area (Å²) in [4.78, 5) is 43.2. The minimum Gasteiger partial charge on any atom is -0.481 e. The molecule has 3 heterocycles. The number of rotatable bonds is 11. The fourth-order valence-electron chi connectivity index (χ4n) is 6.29. The number of aliphatic carboxylic acids is 1. The molecule has 1 aromatic heterocycles. The molecule has 0 atom stereocenters. The van der Waals surface area contributed by atoms with Crippen LogP contribution in [0.2, 0.25) is 5.02 Å². The molecular formula is C31H42ClF2N5O5. The van der Waals surface area contributed by atoms with E-state index in [9.17, 15) is 28.3 Å². The van der Waals surface area contributed by atoms with Crippen LogP contribution < -0.4 is 10.1 Å². The van der Waals surface area contributed by atoms with Gasteiger partial charge in [0.05, 0.1) is 11.1 Å². The highest BCUT2D eigenvalue weighted by atomic mass is 35.5. The molecule has 0 saturated carbocycles. The summed E-state index contributed by atoms with van der Waals surface area (Å²) in [6, 6.07) is 5.97. The van der Waals surface area contributed by atoms with E-state index in [-0.39, 0.29) is 34.2 Å². The van der Waals surface area contributed by atoms with Crippen LogP contribution in [0.25, 0.3) is 0 Å². The molecule has 0 bridgehead atoms. The molecule has 13 heteroatoms. The standard InChI is InChI=1S/C31H42ClF2N5O5/c1-20(2)17-26(40)38-15-8-30(9-16-38,28(42)43)19-37-13-10-31(11-14-37,39-24(21(3)4)7-12-35-39)27(41)36-23-6-5-22(32)18-25(23)44-29(33)34/h5-7,12,18,20-21,29H,8-11,13-17,19H2,1-4H3,(H,36,41)(H,42,43). The molecule has 1 aromatic carbocycles. The summed E-state index contributed by atoms with van der Waals surface area (Å²) in [5, 5.41) is 17.8. The number of carbonyl (C=O) groups excluding carboxylic acids is 2. The number of amides is 2. The molecule has 2 amide bonds. The lowest BCUT2D eigenvalue weighted by atomic mass is 9.76. The van der Waals surface area contributed by atoms with Gasteiger partial charge in [0.1, 0.15) is 5.54 Å².